The minimum Gasteiger partial charge on any atom is -0.383 e. The summed E-state index contributed by atoms with van der Waals surface area (Å²) < 4.78 is 41.9. The van der Waals surface area contributed by atoms with Gasteiger partial charge in [0.05, 0.1) is 17.4 Å². The third-order valence-corrected chi connectivity index (χ3v) is 5.71. The van der Waals surface area contributed by atoms with Crippen molar-refractivity contribution in [2.24, 2.45) is 4.99 Å². The topological polar surface area (TPSA) is 102 Å². The van der Waals surface area contributed by atoms with Crippen molar-refractivity contribution in [1.82, 2.24) is 20.0 Å². The molecule has 32 heavy (non-hydrogen) atoms. The third-order valence-electron chi connectivity index (χ3n) is 5.71. The number of benzene rings is 1. The molecule has 1 aromatic heterocycles. The minimum atomic E-state index is -0.988. The van der Waals surface area contributed by atoms with Crippen molar-refractivity contribution in [1.29, 1.82) is 0 Å². The number of halogens is 3. The Balaban J connectivity index is 1.60. The number of rotatable bonds is 3. The summed E-state index contributed by atoms with van der Waals surface area (Å²) in [5.41, 5.74) is 6.60. The number of nitrogens with one attached hydrogen (secondary N) is 1. The van der Waals surface area contributed by atoms with E-state index in [0.717, 1.165) is 6.07 Å². The van der Waals surface area contributed by atoms with Gasteiger partial charge in [-0.25, -0.2) is 18.7 Å². The van der Waals surface area contributed by atoms with Gasteiger partial charge < -0.3 is 11.1 Å². The first-order valence-electron chi connectivity index (χ1n) is 9.79. The van der Waals surface area contributed by atoms with Gasteiger partial charge in [0, 0.05) is 17.8 Å². The number of carbonyl (C=O) groups excluding carboxylic acids is 1. The minimum absolute atomic E-state index is 0.0766. The number of amides is 1. The smallest absolute Gasteiger partial charge is 0.264 e. The van der Waals surface area contributed by atoms with Gasteiger partial charge in [-0.3, -0.25) is 4.79 Å². The van der Waals surface area contributed by atoms with Gasteiger partial charge in [0.15, 0.2) is 23.2 Å². The second-order valence-electron chi connectivity index (χ2n) is 8.17. The first-order valence-corrected chi connectivity index (χ1v) is 9.79. The third kappa shape index (κ3) is 2.96. The summed E-state index contributed by atoms with van der Waals surface area (Å²) in [6, 6.07) is 3.85. The molecule has 11 heteroatoms. The van der Waals surface area contributed by atoms with Crippen LogP contribution in [0.15, 0.2) is 41.2 Å². The molecule has 1 radical (unpaired) electrons. The van der Waals surface area contributed by atoms with Crippen molar-refractivity contribution >= 4 is 29.1 Å². The lowest BCUT2D eigenvalue weighted by atomic mass is 9.87. The van der Waals surface area contributed by atoms with E-state index >= 15 is 0 Å². The fraction of sp³-hybridized carbons (Fsp3) is 0.238. The van der Waals surface area contributed by atoms with Crippen molar-refractivity contribution in [3.05, 3.63) is 64.8 Å². The largest absolute Gasteiger partial charge is 0.383 e. The van der Waals surface area contributed by atoms with Gasteiger partial charge in [-0.05, 0) is 19.9 Å². The SMILES string of the molecule is CC1(C)C(=O)Nc2nc(C3=C4C=CN(F)C[N+]4C(Cc4cccc(F)c4F)=N3)nc(N)c21. The molecule has 4 heterocycles. The van der Waals surface area contributed by atoms with Crippen molar-refractivity contribution in [3.8, 4) is 0 Å². The van der Waals surface area contributed by atoms with Crippen LogP contribution in [0.4, 0.5) is 24.9 Å². The molecule has 0 fully saturated rings. The summed E-state index contributed by atoms with van der Waals surface area (Å²) in [7, 11) is 0. The van der Waals surface area contributed by atoms with E-state index in [1.165, 1.54) is 29.3 Å². The Bertz CT molecular complexity index is 1270. The zero-order chi connectivity index (χ0) is 22.8. The molecule has 2 aromatic rings. The van der Waals surface area contributed by atoms with Crippen molar-refractivity contribution in [3.63, 3.8) is 0 Å². The summed E-state index contributed by atoms with van der Waals surface area (Å²) >= 11 is 0. The zero-order valence-corrected chi connectivity index (χ0v) is 17.2. The summed E-state index contributed by atoms with van der Waals surface area (Å²) in [6.45, 7) is 3.24. The van der Waals surface area contributed by atoms with Gasteiger partial charge >= 0.3 is 0 Å². The van der Waals surface area contributed by atoms with Gasteiger partial charge in [0.25, 0.3) is 5.84 Å². The maximum atomic E-state index is 14.2. The highest BCUT2D eigenvalue weighted by atomic mass is 19.2. The lowest BCUT2D eigenvalue weighted by Gasteiger charge is -2.17. The molecule has 163 valence electrons. The molecule has 1 amide bonds. The highest BCUT2D eigenvalue weighted by Gasteiger charge is 2.45. The monoisotopic (exact) mass is 441 g/mol. The highest BCUT2D eigenvalue weighted by molar-refractivity contribution is 6.06. The summed E-state index contributed by atoms with van der Waals surface area (Å²) in [5, 5.41) is 3.14. The maximum absolute atomic E-state index is 14.2. The van der Waals surface area contributed by atoms with Crippen LogP contribution in [-0.2, 0) is 16.6 Å². The van der Waals surface area contributed by atoms with Gasteiger partial charge in [-0.1, -0.05) is 21.5 Å². The van der Waals surface area contributed by atoms with Crippen LogP contribution < -0.4 is 16.0 Å². The number of allylic oxidation sites excluding steroid dienone is 1. The van der Waals surface area contributed by atoms with E-state index in [1.807, 2.05) is 0 Å². The average molecular weight is 441 g/mol. The number of anilines is 2. The number of hydrogen-bond acceptors (Lipinski definition) is 7. The van der Waals surface area contributed by atoms with Crippen LogP contribution in [0.25, 0.3) is 5.70 Å². The Kier molecular flexibility index (Phi) is 4.35. The zero-order valence-electron chi connectivity index (χ0n) is 17.2. The molecule has 0 atom stereocenters. The van der Waals surface area contributed by atoms with Crippen LogP contribution in [0.5, 0.6) is 0 Å². The number of nitrogens with zero attached hydrogens (tertiary/aromatic N) is 5. The molecule has 0 saturated heterocycles. The quantitative estimate of drug-likeness (QED) is 0.563. The number of fused-ring (bicyclic) bond motifs is 2. The first kappa shape index (κ1) is 20.2. The van der Waals surface area contributed by atoms with Crippen LogP contribution in [0, 0.1) is 11.6 Å². The fourth-order valence-electron chi connectivity index (χ4n) is 4.00. The van der Waals surface area contributed by atoms with Crippen LogP contribution in [0.3, 0.4) is 0 Å². The van der Waals surface area contributed by atoms with E-state index in [2.05, 4.69) is 20.3 Å². The fourth-order valence-corrected chi connectivity index (χ4v) is 4.00. The standard InChI is InChI=1S/C21H18F3N7O/c1-21(2)14-17(25)27-19(28-18(14)29-20(21)32)16-12-6-7-30(24)9-31(12)13(26-16)8-10-4-3-5-11(22)15(10)23/h3-7H,8-9H2,1-2H3,(H3,25,27,28,29,32)/q+1. The van der Waals surface area contributed by atoms with E-state index in [-0.39, 0.29) is 47.7 Å². The average Bonchev–Trinajstić information content (AvgIpc) is 3.19. The molecule has 3 aliphatic rings. The molecule has 0 saturated carbocycles. The Hall–Kier alpha value is -3.73. The Morgan fingerprint density at radius 2 is 2.06 bits per heavy atom. The molecule has 3 aliphatic heterocycles. The van der Waals surface area contributed by atoms with Crippen molar-refractivity contribution in [2.75, 3.05) is 17.7 Å². The molecular weight excluding hydrogens is 423 g/mol. The van der Waals surface area contributed by atoms with E-state index in [1.54, 1.807) is 13.8 Å². The normalized spacial score (nSPS) is 19.2. The molecule has 0 unspecified atom stereocenters. The van der Waals surface area contributed by atoms with Gasteiger partial charge in [0.1, 0.15) is 11.6 Å². The molecule has 3 N–H and O–H groups in total. The number of aliphatic imine (C=N–C) groups is 1. The second kappa shape index (κ2) is 6.89. The lowest BCUT2D eigenvalue weighted by molar-refractivity contribution is -0.119. The molecule has 5 rings (SSSR count). The van der Waals surface area contributed by atoms with Crippen LogP contribution in [0.1, 0.15) is 30.8 Å². The number of nitrogens with two attached hydrogens (primary N) is 1. The number of nitrogen functional groups attached to an aromatic ring is 1. The number of hydrogen-bond donors (Lipinski definition) is 2. The maximum Gasteiger partial charge on any atom is 0.264 e. The molecule has 0 aliphatic carbocycles. The van der Waals surface area contributed by atoms with Gasteiger partial charge in [0.2, 0.25) is 18.3 Å². The second-order valence-corrected chi connectivity index (χ2v) is 8.17. The molecular formula is C21H18F3N7O+. The number of amidine groups is 1. The molecule has 1 aromatic carbocycles. The van der Waals surface area contributed by atoms with Gasteiger partial charge in [-0.15, -0.1) is 0 Å². The molecule has 0 spiro atoms. The number of carbonyl (C=O) groups is 1. The summed E-state index contributed by atoms with van der Waals surface area (Å²) in [4.78, 5) is 27.1. The van der Waals surface area contributed by atoms with E-state index in [4.69, 9.17) is 5.73 Å². The summed E-state index contributed by atoms with van der Waals surface area (Å²) in [6.07, 6.45) is 2.61. The van der Waals surface area contributed by atoms with E-state index in [0.29, 0.717) is 22.2 Å². The van der Waals surface area contributed by atoms with Crippen molar-refractivity contribution in [2.45, 2.75) is 25.7 Å². The highest BCUT2D eigenvalue weighted by Crippen LogP contribution is 2.41. The van der Waals surface area contributed by atoms with Crippen LogP contribution in [-0.4, -0.2) is 33.5 Å². The van der Waals surface area contributed by atoms with Crippen molar-refractivity contribution < 1.29 is 18.1 Å². The van der Waals surface area contributed by atoms with E-state index in [9.17, 15) is 18.1 Å². The predicted octanol–water partition coefficient (Wildman–Crippen LogP) is 2.70. The lowest BCUT2D eigenvalue weighted by Crippen LogP contribution is -2.42. The Morgan fingerprint density at radius 1 is 1.28 bits per heavy atom. The summed E-state index contributed by atoms with van der Waals surface area (Å²) in [5.74, 6) is -1.39. The van der Waals surface area contributed by atoms with Crippen LogP contribution in [0.2, 0.25) is 0 Å². The predicted molar refractivity (Wildman–Crippen MR) is 112 cm³/mol. The molecule has 0 bridgehead atoms. The molecule has 8 nitrogen and oxygen atoms in total. The van der Waals surface area contributed by atoms with Gasteiger partial charge in [-0.2, -0.15) is 10.1 Å². The Morgan fingerprint density at radius 3 is 2.84 bits per heavy atom. The number of aromatic nitrogens is 2. The van der Waals surface area contributed by atoms with Crippen LogP contribution >= 0.6 is 0 Å². The van der Waals surface area contributed by atoms with E-state index < -0.39 is 17.0 Å². The Labute approximate surface area is 180 Å². The first-order chi connectivity index (χ1) is 15.2.